The number of nitrogens with zero attached hydrogens (tertiary/aromatic N) is 1. The summed E-state index contributed by atoms with van der Waals surface area (Å²) in [6, 6.07) is -0.102. The highest BCUT2D eigenvalue weighted by Crippen LogP contribution is 2.32. The van der Waals surface area contributed by atoms with Crippen molar-refractivity contribution in [2.45, 2.75) is 55.4 Å². The number of hydrogen-bond acceptors (Lipinski definition) is 5. The Balaban J connectivity index is 2.09. The molecule has 2 rings (SSSR count). The lowest BCUT2D eigenvalue weighted by Crippen LogP contribution is -2.47. The number of thiazole rings is 1. The van der Waals surface area contributed by atoms with Crippen LogP contribution in [0.2, 0.25) is 4.47 Å². The number of hydrogen-bond donors (Lipinski definition) is 1. The number of ether oxygens (including phenoxy) is 1. The van der Waals surface area contributed by atoms with Gasteiger partial charge in [0.1, 0.15) is 0 Å². The smallest absolute Gasteiger partial charge is 0.251 e. The second-order valence-electron chi connectivity index (χ2n) is 4.98. The molecule has 20 heavy (non-hydrogen) atoms. The summed E-state index contributed by atoms with van der Waals surface area (Å²) in [6.45, 7) is 4.73. The van der Waals surface area contributed by atoms with Crippen LogP contribution in [0.1, 0.15) is 39.5 Å². The van der Waals surface area contributed by atoms with E-state index in [2.05, 4.69) is 23.6 Å². The summed E-state index contributed by atoms with van der Waals surface area (Å²) < 4.78 is 33.5. The second kappa shape index (κ2) is 6.27. The van der Waals surface area contributed by atoms with Crippen LogP contribution in [0.4, 0.5) is 0 Å². The summed E-state index contributed by atoms with van der Waals surface area (Å²) in [7, 11) is -3.54. The van der Waals surface area contributed by atoms with E-state index >= 15 is 0 Å². The van der Waals surface area contributed by atoms with Crippen molar-refractivity contribution in [3.63, 3.8) is 0 Å². The zero-order valence-corrected chi connectivity index (χ0v) is 13.9. The second-order valence-corrected chi connectivity index (χ2v) is 8.54. The number of sulfonamides is 1. The largest absolute Gasteiger partial charge is 0.375 e. The minimum Gasteiger partial charge on any atom is -0.375 e. The molecular formula is C12H19ClN2O3S2. The predicted octanol–water partition coefficient (Wildman–Crippen LogP) is 2.81. The van der Waals surface area contributed by atoms with E-state index in [1.54, 1.807) is 0 Å². The van der Waals surface area contributed by atoms with Crippen LogP contribution in [0.3, 0.4) is 0 Å². The Morgan fingerprint density at radius 1 is 1.55 bits per heavy atom. The SMILES string of the molecule is CCC1(CC)CC(NS(=O)(=O)c2cnc(Cl)s2)CCO1. The van der Waals surface area contributed by atoms with Crippen molar-refractivity contribution in [2.24, 2.45) is 0 Å². The van der Waals surface area contributed by atoms with Gasteiger partial charge in [-0.25, -0.2) is 18.1 Å². The van der Waals surface area contributed by atoms with Crippen LogP contribution in [0.5, 0.6) is 0 Å². The van der Waals surface area contributed by atoms with Gasteiger partial charge in [0.2, 0.25) is 0 Å². The molecule has 8 heteroatoms. The van der Waals surface area contributed by atoms with Gasteiger partial charge in [-0.2, -0.15) is 0 Å². The molecule has 5 nitrogen and oxygen atoms in total. The third-order valence-electron chi connectivity index (χ3n) is 3.82. The molecule has 1 aromatic rings. The Bertz CT molecular complexity index is 555. The van der Waals surface area contributed by atoms with Crippen molar-refractivity contribution in [1.29, 1.82) is 0 Å². The molecule has 0 amide bonds. The number of aromatic nitrogens is 1. The average Bonchev–Trinajstić information content (AvgIpc) is 2.86. The highest BCUT2D eigenvalue weighted by atomic mass is 35.5. The predicted molar refractivity (Wildman–Crippen MR) is 79.7 cm³/mol. The van der Waals surface area contributed by atoms with E-state index in [1.807, 2.05) is 0 Å². The molecule has 0 spiro atoms. The molecule has 1 aliphatic rings. The molecule has 0 bridgehead atoms. The maximum absolute atomic E-state index is 12.3. The summed E-state index contributed by atoms with van der Waals surface area (Å²) in [6.07, 6.45) is 4.45. The Morgan fingerprint density at radius 2 is 2.25 bits per heavy atom. The van der Waals surface area contributed by atoms with Gasteiger partial charge in [-0.05, 0) is 25.7 Å². The van der Waals surface area contributed by atoms with Gasteiger partial charge in [0.25, 0.3) is 10.0 Å². The highest BCUT2D eigenvalue weighted by Gasteiger charge is 2.36. The lowest BCUT2D eigenvalue weighted by Gasteiger charge is -2.40. The van der Waals surface area contributed by atoms with E-state index in [-0.39, 0.29) is 20.3 Å². The van der Waals surface area contributed by atoms with Crippen molar-refractivity contribution in [3.8, 4) is 0 Å². The molecule has 1 N–H and O–H groups in total. The van der Waals surface area contributed by atoms with E-state index in [4.69, 9.17) is 16.3 Å². The van der Waals surface area contributed by atoms with Crippen molar-refractivity contribution in [2.75, 3.05) is 6.61 Å². The molecular weight excluding hydrogens is 320 g/mol. The van der Waals surface area contributed by atoms with Gasteiger partial charge in [-0.3, -0.25) is 0 Å². The zero-order valence-electron chi connectivity index (χ0n) is 11.6. The van der Waals surface area contributed by atoms with Crippen LogP contribution in [0, 0.1) is 0 Å². The van der Waals surface area contributed by atoms with Gasteiger partial charge >= 0.3 is 0 Å². The van der Waals surface area contributed by atoms with Crippen LogP contribution in [0.15, 0.2) is 10.4 Å². The fraction of sp³-hybridized carbons (Fsp3) is 0.750. The minimum absolute atomic E-state index is 0.102. The van der Waals surface area contributed by atoms with Gasteiger partial charge in [-0.15, -0.1) is 0 Å². The van der Waals surface area contributed by atoms with Gasteiger partial charge in [0, 0.05) is 12.6 Å². The molecule has 0 aromatic carbocycles. The Morgan fingerprint density at radius 3 is 2.80 bits per heavy atom. The van der Waals surface area contributed by atoms with E-state index in [1.165, 1.54) is 6.20 Å². The van der Waals surface area contributed by atoms with Crippen molar-refractivity contribution < 1.29 is 13.2 Å². The number of rotatable bonds is 5. The fourth-order valence-electron chi connectivity index (χ4n) is 2.51. The molecule has 1 aromatic heterocycles. The molecule has 1 saturated heterocycles. The lowest BCUT2D eigenvalue weighted by atomic mass is 9.86. The molecule has 1 fully saturated rings. The summed E-state index contributed by atoms with van der Waals surface area (Å²) >= 11 is 6.66. The standard InChI is InChI=1S/C12H19ClN2O3S2/c1-3-12(4-2)7-9(5-6-18-12)15-20(16,17)10-8-14-11(13)19-10/h8-9,15H,3-7H2,1-2H3. The summed E-state index contributed by atoms with van der Waals surface area (Å²) in [5.41, 5.74) is -0.212. The van der Waals surface area contributed by atoms with Crippen molar-refractivity contribution >= 4 is 33.0 Å². The van der Waals surface area contributed by atoms with E-state index in [9.17, 15) is 8.42 Å². The van der Waals surface area contributed by atoms with Gasteiger partial charge in [-0.1, -0.05) is 36.8 Å². The van der Waals surface area contributed by atoms with E-state index < -0.39 is 10.0 Å². The van der Waals surface area contributed by atoms with Crippen molar-refractivity contribution in [1.82, 2.24) is 9.71 Å². The Labute approximate surface area is 128 Å². The highest BCUT2D eigenvalue weighted by molar-refractivity contribution is 7.91. The van der Waals surface area contributed by atoms with Crippen LogP contribution in [0.25, 0.3) is 0 Å². The molecule has 2 heterocycles. The third kappa shape index (κ3) is 3.51. The van der Waals surface area contributed by atoms with Crippen LogP contribution in [-0.2, 0) is 14.8 Å². The first-order chi connectivity index (χ1) is 9.41. The van der Waals surface area contributed by atoms with Gasteiger partial charge in [0.05, 0.1) is 11.8 Å². The third-order valence-corrected chi connectivity index (χ3v) is 6.92. The van der Waals surface area contributed by atoms with Gasteiger partial charge in [0.15, 0.2) is 8.68 Å². The zero-order chi connectivity index (χ0) is 14.8. The number of halogens is 1. The molecule has 1 unspecified atom stereocenters. The fourth-order valence-corrected chi connectivity index (χ4v) is 5.09. The molecule has 1 atom stereocenters. The maximum atomic E-state index is 12.3. The summed E-state index contributed by atoms with van der Waals surface area (Å²) in [4.78, 5) is 3.78. The first kappa shape index (κ1) is 16.2. The van der Waals surface area contributed by atoms with Crippen molar-refractivity contribution in [3.05, 3.63) is 10.7 Å². The van der Waals surface area contributed by atoms with Crippen LogP contribution in [-0.4, -0.2) is 31.7 Å². The van der Waals surface area contributed by atoms with Crippen LogP contribution < -0.4 is 4.72 Å². The molecule has 114 valence electrons. The molecule has 0 saturated carbocycles. The summed E-state index contributed by atoms with van der Waals surface area (Å²) in [5, 5.41) is 0. The monoisotopic (exact) mass is 338 g/mol. The minimum atomic E-state index is -3.54. The molecule has 0 aliphatic carbocycles. The lowest BCUT2D eigenvalue weighted by molar-refractivity contribution is -0.0905. The average molecular weight is 339 g/mol. The molecule has 1 aliphatic heterocycles. The Hall–Kier alpha value is -0.210. The first-order valence-electron chi connectivity index (χ1n) is 6.68. The van der Waals surface area contributed by atoms with E-state index in [0.29, 0.717) is 19.4 Å². The molecule has 0 radical (unpaired) electrons. The first-order valence-corrected chi connectivity index (χ1v) is 9.36. The Kier molecular flexibility index (Phi) is 5.07. The number of nitrogens with one attached hydrogen (secondary N) is 1. The van der Waals surface area contributed by atoms with Crippen LogP contribution >= 0.6 is 22.9 Å². The quantitative estimate of drug-likeness (QED) is 0.896. The maximum Gasteiger partial charge on any atom is 0.251 e. The van der Waals surface area contributed by atoms with Gasteiger partial charge < -0.3 is 4.74 Å². The topological polar surface area (TPSA) is 68.3 Å². The normalized spacial score (nSPS) is 22.9. The van der Waals surface area contributed by atoms with E-state index in [0.717, 1.165) is 24.2 Å². The summed E-state index contributed by atoms with van der Waals surface area (Å²) in [5.74, 6) is 0.